The monoisotopic (exact) mass is 353 g/mol. The number of fused-ring (bicyclic) bond motifs is 1. The zero-order valence-corrected chi connectivity index (χ0v) is 14.8. The SMILES string of the molecule is O=C(c1ccc2ccccc2n1)N1CCC(C(=O)N2CCOCC2)CC1. The molecule has 1 aromatic carbocycles. The first-order valence-corrected chi connectivity index (χ1v) is 9.24. The van der Waals surface area contributed by atoms with Gasteiger partial charge in [0.05, 0.1) is 18.7 Å². The molecule has 2 aliphatic heterocycles. The number of piperidine rings is 1. The van der Waals surface area contributed by atoms with Gasteiger partial charge in [0.25, 0.3) is 5.91 Å². The molecule has 0 N–H and O–H groups in total. The molecule has 1 aromatic heterocycles. The molecule has 6 heteroatoms. The Bertz CT molecular complexity index is 809. The first-order valence-electron chi connectivity index (χ1n) is 9.24. The van der Waals surface area contributed by atoms with Gasteiger partial charge < -0.3 is 14.5 Å². The first-order chi connectivity index (χ1) is 12.7. The lowest BCUT2D eigenvalue weighted by molar-refractivity contribution is -0.141. The van der Waals surface area contributed by atoms with Crippen molar-refractivity contribution in [2.24, 2.45) is 5.92 Å². The largest absolute Gasteiger partial charge is 0.378 e. The molecule has 0 aliphatic carbocycles. The second kappa shape index (κ2) is 7.41. The third-order valence-electron chi connectivity index (χ3n) is 5.27. The molecule has 2 aromatic rings. The van der Waals surface area contributed by atoms with Gasteiger partial charge in [-0.3, -0.25) is 9.59 Å². The Balaban J connectivity index is 1.39. The quantitative estimate of drug-likeness (QED) is 0.828. The van der Waals surface area contributed by atoms with Gasteiger partial charge in [0.2, 0.25) is 5.91 Å². The lowest BCUT2D eigenvalue weighted by Gasteiger charge is -2.35. The number of benzene rings is 1. The van der Waals surface area contributed by atoms with E-state index in [9.17, 15) is 9.59 Å². The van der Waals surface area contributed by atoms with Crippen LogP contribution in [-0.2, 0) is 9.53 Å². The van der Waals surface area contributed by atoms with Crippen LogP contribution in [0.15, 0.2) is 36.4 Å². The van der Waals surface area contributed by atoms with Gasteiger partial charge in [-0.15, -0.1) is 0 Å². The van der Waals surface area contributed by atoms with E-state index < -0.39 is 0 Å². The minimum Gasteiger partial charge on any atom is -0.378 e. The van der Waals surface area contributed by atoms with Crippen LogP contribution >= 0.6 is 0 Å². The van der Waals surface area contributed by atoms with Crippen LogP contribution in [-0.4, -0.2) is 66.0 Å². The molecule has 2 saturated heterocycles. The summed E-state index contributed by atoms with van der Waals surface area (Å²) in [5, 5.41) is 1.03. The minimum absolute atomic E-state index is 0.0155. The summed E-state index contributed by atoms with van der Waals surface area (Å²) < 4.78 is 5.31. The van der Waals surface area contributed by atoms with Gasteiger partial charge >= 0.3 is 0 Å². The molecule has 136 valence electrons. The fourth-order valence-corrected chi connectivity index (χ4v) is 3.72. The number of ether oxygens (including phenoxy) is 1. The van der Waals surface area contributed by atoms with E-state index in [1.54, 1.807) is 6.07 Å². The number of pyridine rings is 1. The normalized spacial score (nSPS) is 18.9. The molecule has 0 radical (unpaired) electrons. The molecule has 0 unspecified atom stereocenters. The van der Waals surface area contributed by atoms with Crippen LogP contribution in [0.4, 0.5) is 0 Å². The Morgan fingerprint density at radius 1 is 0.923 bits per heavy atom. The third kappa shape index (κ3) is 3.42. The predicted octanol–water partition coefficient (Wildman–Crippen LogP) is 1.95. The lowest BCUT2D eigenvalue weighted by Crippen LogP contribution is -2.47. The number of likely N-dealkylation sites (tertiary alicyclic amines) is 1. The van der Waals surface area contributed by atoms with E-state index in [2.05, 4.69) is 4.98 Å². The number of para-hydroxylation sites is 1. The number of hydrogen-bond donors (Lipinski definition) is 0. The van der Waals surface area contributed by atoms with Crippen LogP contribution in [0.2, 0.25) is 0 Å². The van der Waals surface area contributed by atoms with E-state index in [0.29, 0.717) is 45.1 Å². The third-order valence-corrected chi connectivity index (χ3v) is 5.27. The zero-order valence-electron chi connectivity index (χ0n) is 14.8. The van der Waals surface area contributed by atoms with E-state index in [0.717, 1.165) is 23.7 Å². The maximum absolute atomic E-state index is 12.8. The van der Waals surface area contributed by atoms with E-state index in [-0.39, 0.29) is 17.7 Å². The van der Waals surface area contributed by atoms with Crippen LogP contribution in [0.5, 0.6) is 0 Å². The van der Waals surface area contributed by atoms with Crippen molar-refractivity contribution < 1.29 is 14.3 Å². The summed E-state index contributed by atoms with van der Waals surface area (Å²) in [5.41, 5.74) is 1.30. The van der Waals surface area contributed by atoms with Crippen molar-refractivity contribution in [3.63, 3.8) is 0 Å². The number of carbonyl (C=O) groups is 2. The van der Waals surface area contributed by atoms with Crippen molar-refractivity contribution in [1.29, 1.82) is 0 Å². The number of hydrogen-bond acceptors (Lipinski definition) is 4. The van der Waals surface area contributed by atoms with Crippen LogP contribution < -0.4 is 0 Å². The fraction of sp³-hybridized carbons (Fsp3) is 0.450. The van der Waals surface area contributed by atoms with Crippen molar-refractivity contribution in [1.82, 2.24) is 14.8 Å². The van der Waals surface area contributed by atoms with Gasteiger partial charge in [-0.2, -0.15) is 0 Å². The number of aromatic nitrogens is 1. The predicted molar refractivity (Wildman–Crippen MR) is 97.8 cm³/mol. The summed E-state index contributed by atoms with van der Waals surface area (Å²) in [6.45, 7) is 3.81. The molecular weight excluding hydrogens is 330 g/mol. The number of morpholine rings is 1. The van der Waals surface area contributed by atoms with E-state index in [1.807, 2.05) is 40.1 Å². The van der Waals surface area contributed by atoms with E-state index >= 15 is 0 Å². The molecule has 26 heavy (non-hydrogen) atoms. The van der Waals surface area contributed by atoms with E-state index in [1.165, 1.54) is 0 Å². The molecule has 0 bridgehead atoms. The molecule has 0 spiro atoms. The highest BCUT2D eigenvalue weighted by Crippen LogP contribution is 2.22. The molecule has 2 aliphatic rings. The van der Waals surface area contributed by atoms with Crippen LogP contribution in [0.25, 0.3) is 10.9 Å². The molecule has 6 nitrogen and oxygen atoms in total. The van der Waals surface area contributed by atoms with Crippen molar-refractivity contribution in [2.45, 2.75) is 12.8 Å². The Kier molecular flexibility index (Phi) is 4.84. The summed E-state index contributed by atoms with van der Waals surface area (Å²) in [4.78, 5) is 33.6. The molecular formula is C20H23N3O3. The second-order valence-corrected chi connectivity index (χ2v) is 6.89. The fourth-order valence-electron chi connectivity index (χ4n) is 3.72. The van der Waals surface area contributed by atoms with Crippen molar-refractivity contribution >= 4 is 22.7 Å². The summed E-state index contributed by atoms with van der Waals surface area (Å²) in [6.07, 6.45) is 1.44. The van der Waals surface area contributed by atoms with Crippen molar-refractivity contribution in [2.75, 3.05) is 39.4 Å². The van der Waals surface area contributed by atoms with Crippen molar-refractivity contribution in [3.8, 4) is 0 Å². The molecule has 2 amide bonds. The molecule has 2 fully saturated rings. The molecule has 4 rings (SSSR count). The van der Waals surface area contributed by atoms with Gasteiger partial charge in [-0.1, -0.05) is 24.3 Å². The zero-order chi connectivity index (χ0) is 17.9. The Hall–Kier alpha value is -2.47. The summed E-state index contributed by atoms with van der Waals surface area (Å²) >= 11 is 0. The molecule has 0 atom stereocenters. The number of amides is 2. The molecule has 3 heterocycles. The highest BCUT2D eigenvalue weighted by Gasteiger charge is 2.31. The minimum atomic E-state index is -0.0481. The lowest BCUT2D eigenvalue weighted by atomic mass is 9.95. The average molecular weight is 353 g/mol. The first kappa shape index (κ1) is 17.0. The number of carbonyl (C=O) groups excluding carboxylic acids is 2. The van der Waals surface area contributed by atoms with Gasteiger partial charge in [-0.05, 0) is 25.0 Å². The maximum atomic E-state index is 12.8. The Morgan fingerprint density at radius 3 is 2.42 bits per heavy atom. The Labute approximate surface area is 152 Å². The molecule has 0 saturated carbocycles. The topological polar surface area (TPSA) is 62.7 Å². The van der Waals surface area contributed by atoms with Gasteiger partial charge in [-0.25, -0.2) is 4.98 Å². The van der Waals surface area contributed by atoms with Crippen LogP contribution in [0.3, 0.4) is 0 Å². The van der Waals surface area contributed by atoms with Gasteiger partial charge in [0.15, 0.2) is 0 Å². The standard InChI is InChI=1S/C20H23N3O3/c24-19(23-11-13-26-14-12-23)16-7-9-22(10-8-16)20(25)18-6-5-15-3-1-2-4-17(15)21-18/h1-6,16H,7-14H2. The van der Waals surface area contributed by atoms with Gasteiger partial charge in [0.1, 0.15) is 5.69 Å². The highest BCUT2D eigenvalue weighted by molar-refractivity contribution is 5.95. The summed E-state index contributed by atoms with van der Waals surface area (Å²) in [6, 6.07) is 11.5. The second-order valence-electron chi connectivity index (χ2n) is 6.89. The average Bonchev–Trinajstić information content (AvgIpc) is 2.73. The number of nitrogens with zero attached hydrogens (tertiary/aromatic N) is 3. The van der Waals surface area contributed by atoms with Gasteiger partial charge in [0, 0.05) is 37.5 Å². The van der Waals surface area contributed by atoms with Crippen LogP contribution in [0.1, 0.15) is 23.3 Å². The summed E-state index contributed by atoms with van der Waals surface area (Å²) in [7, 11) is 0. The van der Waals surface area contributed by atoms with Crippen molar-refractivity contribution in [3.05, 3.63) is 42.1 Å². The van der Waals surface area contributed by atoms with Crippen LogP contribution in [0, 0.1) is 5.92 Å². The Morgan fingerprint density at radius 2 is 1.65 bits per heavy atom. The number of rotatable bonds is 2. The smallest absolute Gasteiger partial charge is 0.272 e. The summed E-state index contributed by atoms with van der Waals surface area (Å²) in [5.74, 6) is 0.180. The van der Waals surface area contributed by atoms with E-state index in [4.69, 9.17) is 4.74 Å². The highest BCUT2D eigenvalue weighted by atomic mass is 16.5. The maximum Gasteiger partial charge on any atom is 0.272 e.